The lowest BCUT2D eigenvalue weighted by molar-refractivity contribution is -0.141. The molecule has 8 heteroatoms. The molecule has 5 nitrogen and oxygen atoms in total. The third kappa shape index (κ3) is 4.09. The van der Waals surface area contributed by atoms with Crippen LogP contribution in [0.15, 0.2) is 12.1 Å². The van der Waals surface area contributed by atoms with Crippen LogP contribution in [0.3, 0.4) is 0 Å². The van der Waals surface area contributed by atoms with Gasteiger partial charge in [0.25, 0.3) is 0 Å². The van der Waals surface area contributed by atoms with Crippen molar-refractivity contribution < 1.29 is 18.0 Å². The minimum atomic E-state index is -4.53. The summed E-state index contributed by atoms with van der Waals surface area (Å²) in [6.07, 6.45) is -0.399. The molecule has 0 bridgehead atoms. The van der Waals surface area contributed by atoms with Crippen molar-refractivity contribution in [3.63, 3.8) is 0 Å². The Kier molecular flexibility index (Phi) is 5.35. The van der Waals surface area contributed by atoms with Gasteiger partial charge < -0.3 is 9.80 Å². The minimum Gasteiger partial charge on any atom is -0.355 e. The smallest absolute Gasteiger partial charge is 0.355 e. The number of anilines is 1. The maximum Gasteiger partial charge on any atom is 0.433 e. The van der Waals surface area contributed by atoms with E-state index in [0.717, 1.165) is 38.3 Å². The molecule has 3 rings (SSSR count). The average Bonchev–Trinajstić information content (AvgIpc) is 2.63. The van der Waals surface area contributed by atoms with Crippen molar-refractivity contribution in [1.82, 2.24) is 9.88 Å². The summed E-state index contributed by atoms with van der Waals surface area (Å²) in [7, 11) is 0. The number of amides is 1. The van der Waals surface area contributed by atoms with Crippen LogP contribution in [0.4, 0.5) is 19.0 Å². The third-order valence-electron chi connectivity index (χ3n) is 5.10. The summed E-state index contributed by atoms with van der Waals surface area (Å²) in [6.45, 7) is 2.59. The standard InChI is InChI=1S/C18H21F3N4O/c19-18(20,21)15-5-4-14(11-22)17(23-15)24-9-6-13(7-10-24)12-25-8-2-1-3-16(25)26/h4-5,13H,1-3,6-10,12H2. The lowest BCUT2D eigenvalue weighted by atomic mass is 9.95. The molecule has 0 N–H and O–H groups in total. The van der Waals surface area contributed by atoms with E-state index in [1.165, 1.54) is 6.07 Å². The highest BCUT2D eigenvalue weighted by Gasteiger charge is 2.34. The summed E-state index contributed by atoms with van der Waals surface area (Å²) < 4.78 is 38.8. The number of alkyl halides is 3. The van der Waals surface area contributed by atoms with Crippen molar-refractivity contribution in [2.45, 2.75) is 38.3 Å². The van der Waals surface area contributed by atoms with Crippen molar-refractivity contribution in [2.75, 3.05) is 31.1 Å². The maximum absolute atomic E-state index is 12.9. The van der Waals surface area contributed by atoms with Crippen LogP contribution in [0.25, 0.3) is 0 Å². The van der Waals surface area contributed by atoms with Gasteiger partial charge in [-0.05, 0) is 43.7 Å². The number of nitrogens with zero attached hydrogens (tertiary/aromatic N) is 4. The molecule has 0 saturated carbocycles. The largest absolute Gasteiger partial charge is 0.433 e. The van der Waals surface area contributed by atoms with Crippen LogP contribution in [0.5, 0.6) is 0 Å². The van der Waals surface area contributed by atoms with E-state index >= 15 is 0 Å². The van der Waals surface area contributed by atoms with Crippen molar-refractivity contribution in [3.8, 4) is 6.07 Å². The number of carbonyl (C=O) groups excluding carboxylic acids is 1. The second-order valence-electron chi connectivity index (χ2n) is 6.90. The summed E-state index contributed by atoms with van der Waals surface area (Å²) in [5.74, 6) is 0.643. The quantitative estimate of drug-likeness (QED) is 0.824. The number of rotatable bonds is 3. The van der Waals surface area contributed by atoms with Crippen LogP contribution in [-0.4, -0.2) is 42.0 Å². The van der Waals surface area contributed by atoms with Gasteiger partial charge in [-0.15, -0.1) is 0 Å². The molecule has 2 aliphatic heterocycles. The van der Waals surface area contributed by atoms with E-state index in [2.05, 4.69) is 4.98 Å². The number of nitriles is 1. The zero-order valence-corrected chi connectivity index (χ0v) is 14.4. The monoisotopic (exact) mass is 366 g/mol. The molecule has 26 heavy (non-hydrogen) atoms. The fourth-order valence-corrected chi connectivity index (χ4v) is 3.63. The zero-order chi connectivity index (χ0) is 18.7. The molecular weight excluding hydrogens is 345 g/mol. The molecule has 2 aliphatic rings. The number of halogens is 3. The van der Waals surface area contributed by atoms with Crippen LogP contribution >= 0.6 is 0 Å². The average molecular weight is 366 g/mol. The second-order valence-corrected chi connectivity index (χ2v) is 6.90. The maximum atomic E-state index is 12.9. The minimum absolute atomic E-state index is 0.106. The molecule has 0 unspecified atom stereocenters. The topological polar surface area (TPSA) is 60.2 Å². The first-order valence-corrected chi connectivity index (χ1v) is 8.89. The Morgan fingerprint density at radius 2 is 1.92 bits per heavy atom. The first-order valence-electron chi connectivity index (χ1n) is 8.89. The van der Waals surface area contributed by atoms with Crippen LogP contribution in [-0.2, 0) is 11.0 Å². The van der Waals surface area contributed by atoms with Gasteiger partial charge in [0, 0.05) is 32.6 Å². The summed E-state index contributed by atoms with van der Waals surface area (Å²) in [6, 6.07) is 3.96. The number of likely N-dealkylation sites (tertiary alicyclic amines) is 1. The van der Waals surface area contributed by atoms with Crippen molar-refractivity contribution in [3.05, 3.63) is 23.4 Å². The van der Waals surface area contributed by atoms with Crippen molar-refractivity contribution in [1.29, 1.82) is 5.26 Å². The van der Waals surface area contributed by atoms with Crippen LogP contribution < -0.4 is 4.90 Å². The van der Waals surface area contributed by atoms with Crippen LogP contribution in [0.1, 0.15) is 43.4 Å². The molecule has 2 saturated heterocycles. The van der Waals surface area contributed by atoms with Gasteiger partial charge >= 0.3 is 6.18 Å². The molecule has 0 atom stereocenters. The predicted octanol–water partition coefficient (Wildman–Crippen LogP) is 3.20. The fourth-order valence-electron chi connectivity index (χ4n) is 3.63. The number of carbonyl (C=O) groups is 1. The predicted molar refractivity (Wildman–Crippen MR) is 89.3 cm³/mol. The van der Waals surface area contributed by atoms with Gasteiger partial charge in [0.05, 0.1) is 5.56 Å². The highest BCUT2D eigenvalue weighted by molar-refractivity contribution is 5.76. The van der Waals surface area contributed by atoms with Gasteiger partial charge in [-0.1, -0.05) is 0 Å². The van der Waals surface area contributed by atoms with E-state index in [-0.39, 0.29) is 17.3 Å². The van der Waals surface area contributed by atoms with E-state index in [4.69, 9.17) is 0 Å². The molecule has 0 spiro atoms. The van der Waals surface area contributed by atoms with E-state index in [9.17, 15) is 23.2 Å². The second kappa shape index (κ2) is 7.52. The molecule has 3 heterocycles. The van der Waals surface area contributed by atoms with E-state index < -0.39 is 11.9 Å². The first kappa shape index (κ1) is 18.5. The Labute approximate surface area is 150 Å². The van der Waals surface area contributed by atoms with Gasteiger partial charge in [-0.2, -0.15) is 18.4 Å². The molecule has 0 radical (unpaired) electrons. The van der Waals surface area contributed by atoms with Gasteiger partial charge in [0.15, 0.2) is 0 Å². The molecule has 1 amide bonds. The van der Waals surface area contributed by atoms with Crippen molar-refractivity contribution in [2.24, 2.45) is 5.92 Å². The number of pyridine rings is 1. The highest BCUT2D eigenvalue weighted by atomic mass is 19.4. The Hall–Kier alpha value is -2.30. The summed E-state index contributed by atoms with van der Waals surface area (Å²) in [4.78, 5) is 19.3. The molecular formula is C18H21F3N4O. The van der Waals surface area contributed by atoms with E-state index in [0.29, 0.717) is 32.0 Å². The van der Waals surface area contributed by atoms with Crippen LogP contribution in [0, 0.1) is 17.2 Å². The molecule has 1 aromatic rings. The molecule has 0 aliphatic carbocycles. The molecule has 0 aromatic carbocycles. The van der Waals surface area contributed by atoms with E-state index in [1.54, 1.807) is 4.90 Å². The molecule has 2 fully saturated rings. The van der Waals surface area contributed by atoms with E-state index in [1.807, 2.05) is 11.0 Å². The number of hydrogen-bond acceptors (Lipinski definition) is 4. The fraction of sp³-hybridized carbons (Fsp3) is 0.611. The first-order chi connectivity index (χ1) is 12.4. The number of hydrogen-bond donors (Lipinski definition) is 0. The SMILES string of the molecule is N#Cc1ccc(C(F)(F)F)nc1N1CCC(CN2CCCCC2=O)CC1. The Bertz CT molecular complexity index is 705. The lowest BCUT2D eigenvalue weighted by Crippen LogP contribution is -2.43. The Morgan fingerprint density at radius 3 is 2.54 bits per heavy atom. The van der Waals surface area contributed by atoms with Gasteiger partial charge in [0.1, 0.15) is 17.6 Å². The van der Waals surface area contributed by atoms with Crippen LogP contribution in [0.2, 0.25) is 0 Å². The number of aromatic nitrogens is 1. The zero-order valence-electron chi connectivity index (χ0n) is 14.4. The normalized spacial score (nSPS) is 19.5. The summed E-state index contributed by atoms with van der Waals surface area (Å²) in [5.41, 5.74) is -0.824. The number of piperidine rings is 2. The molecule has 140 valence electrons. The van der Waals surface area contributed by atoms with Crippen molar-refractivity contribution >= 4 is 11.7 Å². The summed E-state index contributed by atoms with van der Waals surface area (Å²) >= 11 is 0. The van der Waals surface area contributed by atoms with Gasteiger partial charge in [-0.25, -0.2) is 4.98 Å². The Morgan fingerprint density at radius 1 is 1.19 bits per heavy atom. The Balaban J connectivity index is 1.66. The highest BCUT2D eigenvalue weighted by Crippen LogP contribution is 2.32. The summed E-state index contributed by atoms with van der Waals surface area (Å²) in [5, 5.41) is 9.20. The van der Waals surface area contributed by atoms with Gasteiger partial charge in [-0.3, -0.25) is 4.79 Å². The lowest BCUT2D eigenvalue weighted by Gasteiger charge is -2.37. The third-order valence-corrected chi connectivity index (χ3v) is 5.10. The van der Waals surface area contributed by atoms with Gasteiger partial charge in [0.2, 0.25) is 5.91 Å². The molecule has 1 aromatic heterocycles.